The Morgan fingerprint density at radius 2 is 2.33 bits per heavy atom. The number of aryl methyl sites for hydroxylation is 2. The zero-order valence-corrected chi connectivity index (χ0v) is 9.66. The standard InChI is InChI=1S/C10H18N4O/c1-5-10(3,11)9(15)12-8-6-7(2)13-14(8)4/h6H,5,11H2,1-4H3,(H,12,15). The first kappa shape index (κ1) is 11.7. The van der Waals surface area contributed by atoms with Crippen molar-refractivity contribution in [2.75, 3.05) is 5.32 Å². The topological polar surface area (TPSA) is 72.9 Å². The van der Waals surface area contributed by atoms with Gasteiger partial charge in [0, 0.05) is 13.1 Å². The van der Waals surface area contributed by atoms with Crippen molar-refractivity contribution in [3.05, 3.63) is 11.8 Å². The molecule has 0 radical (unpaired) electrons. The second-order valence-corrected chi connectivity index (χ2v) is 4.02. The zero-order valence-electron chi connectivity index (χ0n) is 9.66. The molecule has 0 bridgehead atoms. The van der Waals surface area contributed by atoms with E-state index in [1.807, 2.05) is 19.9 Å². The molecule has 1 rings (SSSR count). The summed E-state index contributed by atoms with van der Waals surface area (Å²) in [5, 5.41) is 6.89. The first-order valence-corrected chi connectivity index (χ1v) is 4.98. The van der Waals surface area contributed by atoms with Gasteiger partial charge < -0.3 is 11.1 Å². The normalized spacial score (nSPS) is 14.7. The molecule has 84 valence electrons. The van der Waals surface area contributed by atoms with Crippen molar-refractivity contribution in [1.29, 1.82) is 0 Å². The molecule has 0 aliphatic rings. The number of amides is 1. The monoisotopic (exact) mass is 210 g/mol. The Bertz CT molecular complexity index is 367. The largest absolute Gasteiger partial charge is 0.318 e. The van der Waals surface area contributed by atoms with Crippen molar-refractivity contribution < 1.29 is 4.79 Å². The van der Waals surface area contributed by atoms with Crippen molar-refractivity contribution in [2.24, 2.45) is 12.8 Å². The van der Waals surface area contributed by atoms with E-state index in [4.69, 9.17) is 5.73 Å². The maximum absolute atomic E-state index is 11.7. The van der Waals surface area contributed by atoms with E-state index < -0.39 is 5.54 Å². The molecule has 1 amide bonds. The number of carbonyl (C=O) groups is 1. The van der Waals surface area contributed by atoms with Crippen molar-refractivity contribution in [3.63, 3.8) is 0 Å². The highest BCUT2D eigenvalue weighted by molar-refractivity contribution is 5.96. The van der Waals surface area contributed by atoms with E-state index in [-0.39, 0.29) is 5.91 Å². The summed E-state index contributed by atoms with van der Waals surface area (Å²) in [7, 11) is 1.78. The fraction of sp³-hybridized carbons (Fsp3) is 0.600. The maximum atomic E-state index is 11.7. The van der Waals surface area contributed by atoms with E-state index in [1.165, 1.54) is 0 Å². The smallest absolute Gasteiger partial charge is 0.245 e. The predicted octanol–water partition coefficient (Wildman–Crippen LogP) is 0.794. The van der Waals surface area contributed by atoms with Crippen molar-refractivity contribution in [1.82, 2.24) is 9.78 Å². The molecule has 0 aromatic carbocycles. The summed E-state index contributed by atoms with van der Waals surface area (Å²) < 4.78 is 1.62. The molecular formula is C10H18N4O. The van der Waals surface area contributed by atoms with E-state index in [0.29, 0.717) is 12.2 Å². The van der Waals surface area contributed by atoms with Crippen molar-refractivity contribution in [3.8, 4) is 0 Å². The highest BCUT2D eigenvalue weighted by Crippen LogP contribution is 2.12. The molecule has 5 heteroatoms. The van der Waals surface area contributed by atoms with Crippen LogP contribution in [0.5, 0.6) is 0 Å². The van der Waals surface area contributed by atoms with E-state index in [0.717, 1.165) is 5.69 Å². The molecule has 0 saturated carbocycles. The fourth-order valence-corrected chi connectivity index (χ4v) is 1.15. The quantitative estimate of drug-likeness (QED) is 0.774. The van der Waals surface area contributed by atoms with Gasteiger partial charge in [-0.2, -0.15) is 5.10 Å². The van der Waals surface area contributed by atoms with Gasteiger partial charge in [0.15, 0.2) is 0 Å². The number of anilines is 1. The van der Waals surface area contributed by atoms with Crippen LogP contribution in [0.15, 0.2) is 6.07 Å². The third kappa shape index (κ3) is 2.56. The van der Waals surface area contributed by atoms with Crippen LogP contribution in [0.25, 0.3) is 0 Å². The van der Waals surface area contributed by atoms with Gasteiger partial charge in [-0.05, 0) is 20.3 Å². The van der Waals surface area contributed by atoms with Gasteiger partial charge in [-0.15, -0.1) is 0 Å². The fourth-order valence-electron chi connectivity index (χ4n) is 1.15. The Labute approximate surface area is 89.6 Å². The molecule has 1 aromatic heterocycles. The molecule has 1 heterocycles. The lowest BCUT2D eigenvalue weighted by Crippen LogP contribution is -2.48. The van der Waals surface area contributed by atoms with E-state index in [9.17, 15) is 4.79 Å². The third-order valence-corrected chi connectivity index (χ3v) is 2.50. The van der Waals surface area contributed by atoms with Crippen LogP contribution in [0, 0.1) is 6.92 Å². The molecule has 1 atom stereocenters. The first-order chi connectivity index (χ1) is 6.86. The Morgan fingerprint density at radius 1 is 1.73 bits per heavy atom. The van der Waals surface area contributed by atoms with Gasteiger partial charge in [0.25, 0.3) is 0 Å². The second kappa shape index (κ2) is 4.02. The summed E-state index contributed by atoms with van der Waals surface area (Å²) in [5.74, 6) is 0.482. The van der Waals surface area contributed by atoms with Crippen LogP contribution in [0.2, 0.25) is 0 Å². The molecule has 1 unspecified atom stereocenters. The van der Waals surface area contributed by atoms with Gasteiger partial charge in [-0.1, -0.05) is 6.92 Å². The Hall–Kier alpha value is -1.36. The van der Waals surface area contributed by atoms with Gasteiger partial charge in [0.05, 0.1) is 11.2 Å². The second-order valence-electron chi connectivity index (χ2n) is 4.02. The molecule has 15 heavy (non-hydrogen) atoms. The van der Waals surface area contributed by atoms with Crippen molar-refractivity contribution >= 4 is 11.7 Å². The lowest BCUT2D eigenvalue weighted by atomic mass is 10.00. The summed E-state index contributed by atoms with van der Waals surface area (Å²) in [6, 6.07) is 1.81. The van der Waals surface area contributed by atoms with E-state index in [1.54, 1.807) is 18.7 Å². The minimum atomic E-state index is -0.835. The SMILES string of the molecule is CCC(C)(N)C(=O)Nc1cc(C)nn1C. The predicted molar refractivity (Wildman–Crippen MR) is 59.5 cm³/mol. The van der Waals surface area contributed by atoms with Gasteiger partial charge in [0.2, 0.25) is 5.91 Å². The Kier molecular flexibility index (Phi) is 3.14. The van der Waals surface area contributed by atoms with Gasteiger partial charge in [-0.25, -0.2) is 0 Å². The number of nitrogens with two attached hydrogens (primary N) is 1. The average molecular weight is 210 g/mol. The van der Waals surface area contributed by atoms with Crippen LogP contribution < -0.4 is 11.1 Å². The summed E-state index contributed by atoms with van der Waals surface area (Å²) >= 11 is 0. The number of carbonyl (C=O) groups excluding carboxylic acids is 1. The molecule has 0 spiro atoms. The number of hydrogen-bond acceptors (Lipinski definition) is 3. The summed E-state index contributed by atoms with van der Waals surface area (Å²) in [6.07, 6.45) is 0.593. The summed E-state index contributed by atoms with van der Waals surface area (Å²) in [5.41, 5.74) is 5.85. The van der Waals surface area contributed by atoms with Crippen LogP contribution in [0.3, 0.4) is 0 Å². The van der Waals surface area contributed by atoms with Crippen molar-refractivity contribution in [2.45, 2.75) is 32.7 Å². The van der Waals surface area contributed by atoms with Crippen LogP contribution in [0.4, 0.5) is 5.82 Å². The highest BCUT2D eigenvalue weighted by atomic mass is 16.2. The van der Waals surface area contributed by atoms with Crippen LogP contribution in [-0.4, -0.2) is 21.2 Å². The molecule has 1 aromatic rings. The minimum absolute atomic E-state index is 0.187. The number of nitrogens with one attached hydrogen (secondary N) is 1. The molecule has 0 aliphatic carbocycles. The number of nitrogens with zero attached hydrogens (tertiary/aromatic N) is 2. The molecule has 0 aliphatic heterocycles. The minimum Gasteiger partial charge on any atom is -0.318 e. The third-order valence-electron chi connectivity index (χ3n) is 2.50. The van der Waals surface area contributed by atoms with Gasteiger partial charge in [0.1, 0.15) is 5.82 Å². The number of hydrogen-bond donors (Lipinski definition) is 2. The molecule has 5 nitrogen and oxygen atoms in total. The lowest BCUT2D eigenvalue weighted by molar-refractivity contribution is -0.120. The van der Waals surface area contributed by atoms with Crippen LogP contribution in [-0.2, 0) is 11.8 Å². The van der Waals surface area contributed by atoms with E-state index >= 15 is 0 Å². The first-order valence-electron chi connectivity index (χ1n) is 4.98. The Balaban J connectivity index is 2.79. The van der Waals surface area contributed by atoms with Gasteiger partial charge >= 0.3 is 0 Å². The lowest BCUT2D eigenvalue weighted by Gasteiger charge is -2.21. The Morgan fingerprint density at radius 3 is 2.73 bits per heavy atom. The highest BCUT2D eigenvalue weighted by Gasteiger charge is 2.26. The van der Waals surface area contributed by atoms with Crippen LogP contribution >= 0.6 is 0 Å². The summed E-state index contributed by atoms with van der Waals surface area (Å²) in [4.78, 5) is 11.7. The summed E-state index contributed by atoms with van der Waals surface area (Å²) in [6.45, 7) is 5.47. The molecule has 0 fully saturated rings. The molecule has 3 N–H and O–H groups in total. The van der Waals surface area contributed by atoms with Gasteiger partial charge in [-0.3, -0.25) is 9.48 Å². The number of rotatable bonds is 3. The van der Waals surface area contributed by atoms with Crippen LogP contribution in [0.1, 0.15) is 26.0 Å². The average Bonchev–Trinajstić information content (AvgIpc) is 2.45. The molecule has 0 saturated heterocycles. The van der Waals surface area contributed by atoms with E-state index in [2.05, 4.69) is 10.4 Å². The molecular weight excluding hydrogens is 192 g/mol. The number of aromatic nitrogens is 2. The maximum Gasteiger partial charge on any atom is 0.245 e. The zero-order chi connectivity index (χ0) is 11.6.